The standard InChI is InChI=1S/C3H9FN2.ClH/c4-3(6)1-2-5;/h3H,1-2,5-6H2;1H. The normalized spacial score (nSPS) is 12.4. The Kier molecular flexibility index (Phi) is 8.94. The molecule has 0 aliphatic rings. The van der Waals surface area contributed by atoms with Crippen LogP contribution in [0.25, 0.3) is 0 Å². The maximum absolute atomic E-state index is 11.4. The third-order valence-electron chi connectivity index (χ3n) is 0.442. The van der Waals surface area contributed by atoms with Crippen LogP contribution in [0.3, 0.4) is 0 Å². The fourth-order valence-electron chi connectivity index (χ4n) is 0.159. The predicted molar refractivity (Wildman–Crippen MR) is 30.0 cm³/mol. The minimum Gasteiger partial charge on any atom is -0.330 e. The van der Waals surface area contributed by atoms with Crippen molar-refractivity contribution in [1.82, 2.24) is 0 Å². The lowest BCUT2D eigenvalue weighted by atomic mass is 10.4. The molecule has 1 unspecified atom stereocenters. The van der Waals surface area contributed by atoms with E-state index < -0.39 is 6.30 Å². The van der Waals surface area contributed by atoms with Crippen molar-refractivity contribution in [2.24, 2.45) is 11.5 Å². The average molecular weight is 129 g/mol. The van der Waals surface area contributed by atoms with Crippen molar-refractivity contribution in [1.29, 1.82) is 0 Å². The molecule has 1 atom stereocenters. The minimum atomic E-state index is -1.23. The molecule has 4 N–H and O–H groups in total. The molecule has 0 spiro atoms. The molecule has 46 valence electrons. The van der Waals surface area contributed by atoms with E-state index in [2.05, 4.69) is 5.73 Å². The molecule has 2 nitrogen and oxygen atoms in total. The molecule has 0 saturated carbocycles. The Labute approximate surface area is 48.5 Å². The molecule has 7 heavy (non-hydrogen) atoms. The summed E-state index contributed by atoms with van der Waals surface area (Å²) in [4.78, 5) is 0. The lowest BCUT2D eigenvalue weighted by Gasteiger charge is -1.92. The summed E-state index contributed by atoms with van der Waals surface area (Å²) >= 11 is 0. The van der Waals surface area contributed by atoms with E-state index in [1.807, 2.05) is 0 Å². The van der Waals surface area contributed by atoms with Crippen LogP contribution >= 0.6 is 12.4 Å². The van der Waals surface area contributed by atoms with Crippen LogP contribution in [0.4, 0.5) is 4.39 Å². The van der Waals surface area contributed by atoms with Gasteiger partial charge in [-0.2, -0.15) is 0 Å². The number of rotatable bonds is 2. The molecule has 0 aliphatic heterocycles. The molecule has 0 aromatic heterocycles. The Morgan fingerprint density at radius 3 is 2.00 bits per heavy atom. The summed E-state index contributed by atoms with van der Waals surface area (Å²) in [6, 6.07) is 0. The molecular weight excluding hydrogens is 118 g/mol. The summed E-state index contributed by atoms with van der Waals surface area (Å²) in [5, 5.41) is 0. The van der Waals surface area contributed by atoms with Gasteiger partial charge >= 0.3 is 0 Å². The Hall–Kier alpha value is 0.140. The summed E-state index contributed by atoms with van der Waals surface area (Å²) in [5.74, 6) is 0. The van der Waals surface area contributed by atoms with E-state index in [-0.39, 0.29) is 18.8 Å². The van der Waals surface area contributed by atoms with Gasteiger partial charge in [0.1, 0.15) is 6.30 Å². The third-order valence-corrected chi connectivity index (χ3v) is 0.442. The number of halogens is 2. The van der Waals surface area contributed by atoms with Gasteiger partial charge in [-0.05, 0) is 6.54 Å². The minimum absolute atomic E-state index is 0. The van der Waals surface area contributed by atoms with E-state index in [4.69, 9.17) is 5.73 Å². The first-order valence-electron chi connectivity index (χ1n) is 1.87. The van der Waals surface area contributed by atoms with Crippen molar-refractivity contribution in [3.05, 3.63) is 0 Å². The van der Waals surface area contributed by atoms with E-state index in [0.29, 0.717) is 6.54 Å². The topological polar surface area (TPSA) is 52.0 Å². The summed E-state index contributed by atoms with van der Waals surface area (Å²) in [6.45, 7) is 0.331. The van der Waals surface area contributed by atoms with Gasteiger partial charge in [0.05, 0.1) is 0 Å². The molecule has 0 rings (SSSR count). The quantitative estimate of drug-likeness (QED) is 0.515. The van der Waals surface area contributed by atoms with Gasteiger partial charge in [-0.15, -0.1) is 12.4 Å². The molecule has 0 radical (unpaired) electrons. The maximum atomic E-state index is 11.4. The van der Waals surface area contributed by atoms with Crippen LogP contribution in [0.1, 0.15) is 6.42 Å². The lowest BCUT2D eigenvalue weighted by Crippen LogP contribution is -2.17. The van der Waals surface area contributed by atoms with E-state index in [9.17, 15) is 4.39 Å². The Bertz CT molecular complexity index is 34.1. The van der Waals surface area contributed by atoms with Crippen molar-refractivity contribution >= 4 is 12.4 Å². The molecular formula is C3H10ClFN2. The van der Waals surface area contributed by atoms with Crippen LogP contribution in [0.15, 0.2) is 0 Å². The van der Waals surface area contributed by atoms with Gasteiger partial charge in [-0.25, -0.2) is 4.39 Å². The fraction of sp³-hybridized carbons (Fsp3) is 1.00. The van der Waals surface area contributed by atoms with Gasteiger partial charge in [0, 0.05) is 6.42 Å². The Balaban J connectivity index is 0. The highest BCUT2D eigenvalue weighted by molar-refractivity contribution is 5.85. The predicted octanol–water partition coefficient (Wildman–Crippen LogP) is 0.0113. The SMILES string of the molecule is Cl.NCCC(N)F. The molecule has 0 heterocycles. The first-order chi connectivity index (χ1) is 2.77. The number of alkyl halides is 1. The molecule has 0 aliphatic carbocycles. The lowest BCUT2D eigenvalue weighted by molar-refractivity contribution is 0.328. The van der Waals surface area contributed by atoms with E-state index >= 15 is 0 Å². The van der Waals surface area contributed by atoms with Gasteiger partial charge in [-0.3, -0.25) is 0 Å². The largest absolute Gasteiger partial charge is 0.330 e. The molecule has 0 aromatic carbocycles. The summed E-state index contributed by atoms with van der Waals surface area (Å²) in [6.07, 6.45) is -0.963. The Morgan fingerprint density at radius 1 is 1.57 bits per heavy atom. The van der Waals surface area contributed by atoms with Gasteiger partial charge in [0.25, 0.3) is 0 Å². The van der Waals surface area contributed by atoms with Gasteiger partial charge in [0.2, 0.25) is 0 Å². The molecule has 4 heteroatoms. The van der Waals surface area contributed by atoms with E-state index in [1.165, 1.54) is 0 Å². The smallest absolute Gasteiger partial charge is 0.149 e. The van der Waals surface area contributed by atoms with Gasteiger partial charge in [0.15, 0.2) is 0 Å². The molecule has 0 amide bonds. The first kappa shape index (κ1) is 10.2. The molecule has 0 saturated heterocycles. The highest BCUT2D eigenvalue weighted by atomic mass is 35.5. The first-order valence-corrected chi connectivity index (χ1v) is 1.87. The second kappa shape index (κ2) is 6.14. The monoisotopic (exact) mass is 128 g/mol. The zero-order chi connectivity index (χ0) is 4.99. The van der Waals surface area contributed by atoms with Crippen LogP contribution in [0.5, 0.6) is 0 Å². The summed E-state index contributed by atoms with van der Waals surface area (Å²) in [7, 11) is 0. The van der Waals surface area contributed by atoms with Crippen molar-refractivity contribution < 1.29 is 4.39 Å². The van der Waals surface area contributed by atoms with Crippen molar-refractivity contribution in [3.8, 4) is 0 Å². The van der Waals surface area contributed by atoms with Crippen molar-refractivity contribution in [3.63, 3.8) is 0 Å². The zero-order valence-electron chi connectivity index (χ0n) is 3.93. The van der Waals surface area contributed by atoms with Crippen LogP contribution in [0, 0.1) is 0 Å². The molecule has 0 fully saturated rings. The van der Waals surface area contributed by atoms with Crippen LogP contribution in [-0.2, 0) is 0 Å². The van der Waals surface area contributed by atoms with Crippen molar-refractivity contribution in [2.75, 3.05) is 6.54 Å². The van der Waals surface area contributed by atoms with E-state index in [1.54, 1.807) is 0 Å². The van der Waals surface area contributed by atoms with Gasteiger partial charge in [-0.1, -0.05) is 0 Å². The fourth-order valence-corrected chi connectivity index (χ4v) is 0.159. The molecule has 0 bridgehead atoms. The summed E-state index contributed by atoms with van der Waals surface area (Å²) < 4.78 is 11.4. The highest BCUT2D eigenvalue weighted by Crippen LogP contribution is 1.81. The van der Waals surface area contributed by atoms with Crippen LogP contribution < -0.4 is 11.5 Å². The van der Waals surface area contributed by atoms with Crippen LogP contribution in [-0.4, -0.2) is 12.8 Å². The maximum Gasteiger partial charge on any atom is 0.149 e. The Morgan fingerprint density at radius 2 is 2.00 bits per heavy atom. The summed E-state index contributed by atoms with van der Waals surface area (Å²) in [5.41, 5.74) is 9.57. The number of nitrogens with two attached hydrogens (primary N) is 2. The van der Waals surface area contributed by atoms with E-state index in [0.717, 1.165) is 0 Å². The van der Waals surface area contributed by atoms with Crippen molar-refractivity contribution in [2.45, 2.75) is 12.7 Å². The molecule has 0 aromatic rings. The average Bonchev–Trinajstić information content (AvgIpc) is 1.35. The number of hydrogen-bond donors (Lipinski definition) is 2. The van der Waals surface area contributed by atoms with Gasteiger partial charge < -0.3 is 11.5 Å². The highest BCUT2D eigenvalue weighted by Gasteiger charge is 1.90. The number of hydrogen-bond acceptors (Lipinski definition) is 2. The third kappa shape index (κ3) is 10.7. The second-order valence-corrected chi connectivity index (χ2v) is 1.09. The second-order valence-electron chi connectivity index (χ2n) is 1.09. The van der Waals surface area contributed by atoms with Crippen LogP contribution in [0.2, 0.25) is 0 Å². The zero-order valence-corrected chi connectivity index (χ0v) is 4.75.